The molecule has 0 radical (unpaired) electrons. The highest BCUT2D eigenvalue weighted by molar-refractivity contribution is 5.79. The second kappa shape index (κ2) is 4.74. The van der Waals surface area contributed by atoms with Crippen molar-refractivity contribution in [2.24, 2.45) is 23.5 Å². The first kappa shape index (κ1) is 11.9. The summed E-state index contributed by atoms with van der Waals surface area (Å²) in [7, 11) is 1.93. The first-order chi connectivity index (χ1) is 7.58. The molecular weight excluding hydrogens is 200 g/mol. The maximum Gasteiger partial charge on any atom is 0.225 e. The summed E-state index contributed by atoms with van der Waals surface area (Å²) in [5, 5.41) is 0. The smallest absolute Gasteiger partial charge is 0.225 e. The van der Waals surface area contributed by atoms with Crippen LogP contribution in [0, 0.1) is 17.8 Å². The Labute approximate surface area is 98.4 Å². The number of carbonyl (C=O) groups is 1. The number of rotatable bonds is 4. The first-order valence-electron chi connectivity index (χ1n) is 6.58. The Morgan fingerprint density at radius 2 is 2.19 bits per heavy atom. The van der Waals surface area contributed by atoms with Gasteiger partial charge in [-0.1, -0.05) is 6.42 Å². The van der Waals surface area contributed by atoms with Crippen LogP contribution < -0.4 is 5.73 Å². The van der Waals surface area contributed by atoms with E-state index in [4.69, 9.17) is 5.73 Å². The lowest BCUT2D eigenvalue weighted by molar-refractivity contribution is -0.135. The van der Waals surface area contributed by atoms with Crippen LogP contribution in [-0.4, -0.2) is 30.4 Å². The monoisotopic (exact) mass is 224 g/mol. The standard InChI is InChI=1S/C13H24N2O/c1-9(14)5-6-15(2)13(16)12-8-10-3-4-11(12)7-10/h9-12H,3-8,14H2,1-2H3. The lowest BCUT2D eigenvalue weighted by Gasteiger charge is -2.27. The quantitative estimate of drug-likeness (QED) is 0.788. The largest absolute Gasteiger partial charge is 0.345 e. The zero-order chi connectivity index (χ0) is 11.7. The fraction of sp³-hybridized carbons (Fsp3) is 0.923. The van der Waals surface area contributed by atoms with Gasteiger partial charge in [0, 0.05) is 25.6 Å². The molecule has 0 spiro atoms. The van der Waals surface area contributed by atoms with Gasteiger partial charge in [0.2, 0.25) is 5.91 Å². The first-order valence-corrected chi connectivity index (χ1v) is 6.58. The molecule has 16 heavy (non-hydrogen) atoms. The zero-order valence-electron chi connectivity index (χ0n) is 10.5. The van der Waals surface area contributed by atoms with E-state index in [0.29, 0.717) is 17.7 Å². The molecule has 0 heterocycles. The minimum Gasteiger partial charge on any atom is -0.345 e. The minimum absolute atomic E-state index is 0.190. The average molecular weight is 224 g/mol. The summed E-state index contributed by atoms with van der Waals surface area (Å²) in [6.07, 6.45) is 5.99. The summed E-state index contributed by atoms with van der Waals surface area (Å²) in [6, 6.07) is 0.190. The van der Waals surface area contributed by atoms with E-state index in [9.17, 15) is 4.79 Å². The molecule has 2 fully saturated rings. The Morgan fingerprint density at radius 1 is 1.44 bits per heavy atom. The molecule has 0 aromatic rings. The van der Waals surface area contributed by atoms with E-state index in [1.54, 1.807) is 0 Å². The highest BCUT2D eigenvalue weighted by Crippen LogP contribution is 2.48. The molecule has 2 bridgehead atoms. The highest BCUT2D eigenvalue weighted by Gasteiger charge is 2.43. The van der Waals surface area contributed by atoms with Crippen molar-refractivity contribution < 1.29 is 4.79 Å². The predicted molar refractivity (Wildman–Crippen MR) is 64.8 cm³/mol. The molecular formula is C13H24N2O. The van der Waals surface area contributed by atoms with E-state index in [1.807, 2.05) is 18.9 Å². The van der Waals surface area contributed by atoms with Crippen molar-refractivity contribution in [3.63, 3.8) is 0 Å². The van der Waals surface area contributed by atoms with Crippen LogP contribution in [-0.2, 0) is 4.79 Å². The van der Waals surface area contributed by atoms with Gasteiger partial charge >= 0.3 is 0 Å². The second-order valence-electron chi connectivity index (χ2n) is 5.81. The number of fused-ring (bicyclic) bond motifs is 2. The maximum absolute atomic E-state index is 12.2. The van der Waals surface area contributed by atoms with Crippen molar-refractivity contribution in [3.8, 4) is 0 Å². The summed E-state index contributed by atoms with van der Waals surface area (Å²) in [5.74, 6) is 2.24. The average Bonchev–Trinajstić information content (AvgIpc) is 2.86. The number of hydrogen-bond donors (Lipinski definition) is 1. The summed E-state index contributed by atoms with van der Waals surface area (Å²) in [4.78, 5) is 14.1. The molecule has 0 saturated heterocycles. The van der Waals surface area contributed by atoms with Gasteiger partial charge in [0.15, 0.2) is 0 Å². The minimum atomic E-state index is 0.190. The lowest BCUT2D eigenvalue weighted by atomic mass is 9.88. The van der Waals surface area contributed by atoms with Gasteiger partial charge in [0.25, 0.3) is 0 Å². The Bertz CT molecular complexity index is 265. The molecule has 2 rings (SSSR count). The molecule has 0 aliphatic heterocycles. The van der Waals surface area contributed by atoms with Gasteiger partial charge < -0.3 is 10.6 Å². The molecule has 0 aromatic carbocycles. The molecule has 1 amide bonds. The van der Waals surface area contributed by atoms with E-state index < -0.39 is 0 Å². The van der Waals surface area contributed by atoms with Crippen LogP contribution in [0.15, 0.2) is 0 Å². The topological polar surface area (TPSA) is 46.3 Å². The van der Waals surface area contributed by atoms with Crippen molar-refractivity contribution in [1.82, 2.24) is 4.90 Å². The van der Waals surface area contributed by atoms with Gasteiger partial charge in [-0.25, -0.2) is 0 Å². The molecule has 3 heteroatoms. The third-order valence-corrected chi connectivity index (χ3v) is 4.35. The van der Waals surface area contributed by atoms with Gasteiger partial charge in [-0.15, -0.1) is 0 Å². The van der Waals surface area contributed by atoms with E-state index in [1.165, 1.54) is 19.3 Å². The molecule has 4 atom stereocenters. The van der Waals surface area contributed by atoms with Gasteiger partial charge in [0.05, 0.1) is 0 Å². The Balaban J connectivity index is 1.83. The van der Waals surface area contributed by atoms with Crippen molar-refractivity contribution in [2.45, 2.75) is 45.1 Å². The van der Waals surface area contributed by atoms with Crippen LogP contribution >= 0.6 is 0 Å². The van der Waals surface area contributed by atoms with Gasteiger partial charge in [-0.05, 0) is 44.4 Å². The van der Waals surface area contributed by atoms with E-state index in [0.717, 1.165) is 25.3 Å². The summed E-state index contributed by atoms with van der Waals surface area (Å²) >= 11 is 0. The molecule has 2 N–H and O–H groups in total. The Hall–Kier alpha value is -0.570. The fourth-order valence-electron chi connectivity index (χ4n) is 3.34. The number of nitrogens with zero attached hydrogens (tertiary/aromatic N) is 1. The predicted octanol–water partition coefficient (Wildman–Crippen LogP) is 1.62. The third kappa shape index (κ3) is 2.40. The molecule has 0 aromatic heterocycles. The van der Waals surface area contributed by atoms with E-state index in [2.05, 4.69) is 0 Å². The lowest BCUT2D eigenvalue weighted by Crippen LogP contribution is -2.37. The fourth-order valence-corrected chi connectivity index (χ4v) is 3.34. The van der Waals surface area contributed by atoms with Crippen molar-refractivity contribution in [2.75, 3.05) is 13.6 Å². The number of nitrogens with two attached hydrogens (primary N) is 1. The Kier molecular flexibility index (Phi) is 3.53. The SMILES string of the molecule is CC(N)CCN(C)C(=O)C1CC2CCC1C2. The summed E-state index contributed by atoms with van der Waals surface area (Å²) in [6.45, 7) is 2.81. The van der Waals surface area contributed by atoms with Crippen LogP contribution in [0.3, 0.4) is 0 Å². The van der Waals surface area contributed by atoms with Gasteiger partial charge in [-0.3, -0.25) is 4.79 Å². The van der Waals surface area contributed by atoms with Crippen LogP contribution in [0.5, 0.6) is 0 Å². The molecule has 2 aliphatic carbocycles. The number of carbonyl (C=O) groups excluding carboxylic acids is 1. The summed E-state index contributed by atoms with van der Waals surface area (Å²) < 4.78 is 0. The second-order valence-corrected chi connectivity index (χ2v) is 5.81. The number of amides is 1. The molecule has 2 aliphatic rings. The Morgan fingerprint density at radius 3 is 2.69 bits per heavy atom. The summed E-state index contributed by atoms with van der Waals surface area (Å²) in [5.41, 5.74) is 5.72. The third-order valence-electron chi connectivity index (χ3n) is 4.35. The van der Waals surface area contributed by atoms with Crippen LogP contribution in [0.4, 0.5) is 0 Å². The van der Waals surface area contributed by atoms with Gasteiger partial charge in [-0.2, -0.15) is 0 Å². The molecule has 4 unspecified atom stereocenters. The van der Waals surface area contributed by atoms with E-state index >= 15 is 0 Å². The maximum atomic E-state index is 12.2. The van der Waals surface area contributed by atoms with E-state index in [-0.39, 0.29) is 6.04 Å². The van der Waals surface area contributed by atoms with Crippen molar-refractivity contribution >= 4 is 5.91 Å². The highest BCUT2D eigenvalue weighted by atomic mass is 16.2. The molecule has 92 valence electrons. The zero-order valence-corrected chi connectivity index (χ0v) is 10.5. The van der Waals surface area contributed by atoms with Crippen molar-refractivity contribution in [1.29, 1.82) is 0 Å². The number of hydrogen-bond acceptors (Lipinski definition) is 2. The van der Waals surface area contributed by atoms with Crippen LogP contribution in [0.25, 0.3) is 0 Å². The van der Waals surface area contributed by atoms with Gasteiger partial charge in [0.1, 0.15) is 0 Å². The van der Waals surface area contributed by atoms with Crippen LogP contribution in [0.2, 0.25) is 0 Å². The normalized spacial score (nSPS) is 34.1. The molecule has 2 saturated carbocycles. The van der Waals surface area contributed by atoms with Crippen LogP contribution in [0.1, 0.15) is 39.0 Å². The van der Waals surface area contributed by atoms with Crippen molar-refractivity contribution in [3.05, 3.63) is 0 Å². The molecule has 3 nitrogen and oxygen atoms in total.